The van der Waals surface area contributed by atoms with Gasteiger partial charge in [0.05, 0.1) is 33.8 Å². The van der Waals surface area contributed by atoms with Gasteiger partial charge in [-0.05, 0) is 63.9 Å². The molecule has 0 aliphatic rings. The fourth-order valence-electron chi connectivity index (χ4n) is 9.21. The van der Waals surface area contributed by atoms with Gasteiger partial charge < -0.3 is 19.4 Å². The molecule has 1 amide bonds. The SMILES string of the molecule is CCCCC/C=C\C/C=C\CCCCCCCCCCCCCC(=O)OC(/C=C/CCCCCCCCCCCCC)C(COP(=O)(O)OCC[N+](C)(C)C)NC(=O)CCCCCCCCCCCCCCC. The van der Waals surface area contributed by atoms with Gasteiger partial charge in [-0.15, -0.1) is 0 Å². The molecule has 0 bridgehead atoms. The van der Waals surface area contributed by atoms with Crippen LogP contribution in [0.5, 0.6) is 0 Å². The van der Waals surface area contributed by atoms with Crippen LogP contribution in [-0.2, 0) is 27.9 Å². The van der Waals surface area contributed by atoms with E-state index < -0.39 is 20.0 Å². The number of esters is 1. The molecule has 0 saturated carbocycles. The van der Waals surface area contributed by atoms with Gasteiger partial charge in [-0.2, -0.15) is 0 Å². The average Bonchev–Trinajstić information content (AvgIpc) is 3.35. The fourth-order valence-corrected chi connectivity index (χ4v) is 9.94. The summed E-state index contributed by atoms with van der Waals surface area (Å²) in [5.41, 5.74) is 0. The number of carbonyl (C=O) groups is 2. The number of allylic oxidation sites excluding steroid dienone is 5. The summed E-state index contributed by atoms with van der Waals surface area (Å²) < 4.78 is 30.7. The maximum Gasteiger partial charge on any atom is 0.472 e. The van der Waals surface area contributed by atoms with Crippen molar-refractivity contribution in [3.63, 3.8) is 0 Å². The summed E-state index contributed by atoms with van der Waals surface area (Å²) in [4.78, 5) is 37.7. The highest BCUT2D eigenvalue weighted by molar-refractivity contribution is 7.47. The molecular formula is C63H122N2O7P+. The van der Waals surface area contributed by atoms with Crippen LogP contribution in [0.25, 0.3) is 0 Å². The van der Waals surface area contributed by atoms with Gasteiger partial charge in [0, 0.05) is 12.8 Å². The number of hydrogen-bond donors (Lipinski definition) is 2. The zero-order valence-electron chi connectivity index (χ0n) is 49.1. The zero-order chi connectivity index (χ0) is 53.6. The Hall–Kier alpha value is -1.77. The highest BCUT2D eigenvalue weighted by Crippen LogP contribution is 2.43. The monoisotopic (exact) mass is 1050 g/mol. The topological polar surface area (TPSA) is 111 Å². The molecule has 0 aliphatic carbocycles. The predicted molar refractivity (Wildman–Crippen MR) is 314 cm³/mol. The second-order valence-electron chi connectivity index (χ2n) is 22.6. The van der Waals surface area contributed by atoms with Crippen LogP contribution in [0.4, 0.5) is 0 Å². The number of quaternary nitrogens is 1. The molecule has 0 saturated heterocycles. The lowest BCUT2D eigenvalue weighted by molar-refractivity contribution is -0.870. The Balaban J connectivity index is 5.21. The minimum atomic E-state index is -4.44. The van der Waals surface area contributed by atoms with Crippen molar-refractivity contribution in [3.05, 3.63) is 36.5 Å². The van der Waals surface area contributed by atoms with E-state index in [4.69, 9.17) is 13.8 Å². The van der Waals surface area contributed by atoms with Crippen LogP contribution in [0.3, 0.4) is 0 Å². The standard InChI is InChI=1S/C63H121N2O7P/c1-7-10-13-16-19-22-25-28-29-30-31-32-33-34-35-38-41-44-47-50-53-56-63(67)72-61(54-51-48-45-42-39-36-26-23-20-17-14-11-8-2)60(59-71-73(68,69)70-58-57-65(4,5)6)64-62(66)55-52-49-46-43-40-37-27-24-21-18-15-12-9-3/h19,22,28-29,51,54,60-61H,7-18,20-21,23-27,30-50,52-53,55-59H2,1-6H3,(H-,64,66,68,69)/p+1/b22-19-,29-28-,54-51+. The number of ether oxygens (including phenoxy) is 1. The van der Waals surface area contributed by atoms with Crippen molar-refractivity contribution in [2.75, 3.05) is 40.9 Å². The molecule has 0 spiro atoms. The van der Waals surface area contributed by atoms with Crippen LogP contribution in [0.15, 0.2) is 36.5 Å². The minimum Gasteiger partial charge on any atom is -0.456 e. The summed E-state index contributed by atoms with van der Waals surface area (Å²) in [6, 6.07) is -0.844. The molecule has 0 aliphatic heterocycles. The predicted octanol–water partition coefficient (Wildman–Crippen LogP) is 19.1. The first-order chi connectivity index (χ1) is 35.4. The van der Waals surface area contributed by atoms with Crippen LogP contribution < -0.4 is 5.32 Å². The smallest absolute Gasteiger partial charge is 0.456 e. The summed E-state index contributed by atoms with van der Waals surface area (Å²) in [5, 5.41) is 3.06. The number of likely N-dealkylation sites (N-methyl/N-ethyl adjacent to an activating group) is 1. The van der Waals surface area contributed by atoms with E-state index >= 15 is 0 Å². The molecule has 10 heteroatoms. The van der Waals surface area contributed by atoms with Crippen molar-refractivity contribution in [2.24, 2.45) is 0 Å². The molecule has 3 unspecified atom stereocenters. The zero-order valence-corrected chi connectivity index (χ0v) is 50.0. The summed E-state index contributed by atoms with van der Waals surface area (Å²) in [5.74, 6) is -0.494. The highest BCUT2D eigenvalue weighted by atomic mass is 31.2. The first-order valence-corrected chi connectivity index (χ1v) is 32.8. The van der Waals surface area contributed by atoms with Gasteiger partial charge >= 0.3 is 13.8 Å². The highest BCUT2D eigenvalue weighted by Gasteiger charge is 2.30. The average molecular weight is 1050 g/mol. The van der Waals surface area contributed by atoms with Crippen molar-refractivity contribution in [2.45, 2.75) is 315 Å². The van der Waals surface area contributed by atoms with Crippen molar-refractivity contribution >= 4 is 19.7 Å². The number of hydrogen-bond acceptors (Lipinski definition) is 6. The van der Waals surface area contributed by atoms with E-state index in [9.17, 15) is 19.0 Å². The van der Waals surface area contributed by atoms with Crippen molar-refractivity contribution in [3.8, 4) is 0 Å². The van der Waals surface area contributed by atoms with Gasteiger partial charge in [0.15, 0.2) is 0 Å². The minimum absolute atomic E-state index is 0.0425. The van der Waals surface area contributed by atoms with Crippen molar-refractivity contribution < 1.29 is 37.3 Å². The third kappa shape index (κ3) is 54.8. The molecule has 0 aromatic heterocycles. The maximum atomic E-state index is 13.5. The summed E-state index contributed by atoms with van der Waals surface area (Å²) >= 11 is 0. The molecule has 9 nitrogen and oxygen atoms in total. The van der Waals surface area contributed by atoms with Gasteiger partial charge in [0.25, 0.3) is 0 Å². The number of nitrogens with zero attached hydrogens (tertiary/aromatic N) is 1. The lowest BCUT2D eigenvalue weighted by Crippen LogP contribution is -2.47. The Labute approximate surface area is 453 Å². The Kier molecular flexibility index (Phi) is 52.3. The van der Waals surface area contributed by atoms with Crippen LogP contribution in [-0.4, -0.2) is 74.3 Å². The molecule has 0 radical (unpaired) electrons. The molecule has 2 N–H and O–H groups in total. The largest absolute Gasteiger partial charge is 0.472 e. The van der Waals surface area contributed by atoms with E-state index in [1.54, 1.807) is 0 Å². The number of unbranched alkanes of at least 4 members (excludes halogenated alkanes) is 37. The Morgan fingerprint density at radius 3 is 1.26 bits per heavy atom. The molecule has 0 aromatic rings. The van der Waals surface area contributed by atoms with Crippen LogP contribution >= 0.6 is 7.82 Å². The fraction of sp³-hybridized carbons (Fsp3) is 0.873. The van der Waals surface area contributed by atoms with Crippen LogP contribution in [0, 0.1) is 0 Å². The van der Waals surface area contributed by atoms with Crippen LogP contribution in [0.2, 0.25) is 0 Å². The summed E-state index contributed by atoms with van der Waals surface area (Å²) in [6.07, 6.45) is 64.2. The summed E-state index contributed by atoms with van der Waals surface area (Å²) in [7, 11) is 1.51. The second kappa shape index (κ2) is 53.6. The molecule has 73 heavy (non-hydrogen) atoms. The molecule has 430 valence electrons. The van der Waals surface area contributed by atoms with Crippen molar-refractivity contribution in [1.29, 1.82) is 0 Å². The number of nitrogens with one attached hydrogen (secondary N) is 1. The van der Waals surface area contributed by atoms with E-state index in [0.29, 0.717) is 23.9 Å². The molecular weight excluding hydrogens is 928 g/mol. The number of amides is 1. The third-order valence-electron chi connectivity index (χ3n) is 14.1. The van der Waals surface area contributed by atoms with E-state index in [-0.39, 0.29) is 25.1 Å². The molecule has 0 fully saturated rings. The normalized spacial score (nSPS) is 13.9. The van der Waals surface area contributed by atoms with Gasteiger partial charge in [-0.1, -0.05) is 263 Å². The number of rotatable bonds is 57. The molecule has 0 heterocycles. The Morgan fingerprint density at radius 1 is 0.479 bits per heavy atom. The molecule has 0 aromatic carbocycles. The van der Waals surface area contributed by atoms with Gasteiger partial charge in [-0.3, -0.25) is 18.6 Å². The molecule has 3 atom stereocenters. The van der Waals surface area contributed by atoms with Crippen LogP contribution in [0.1, 0.15) is 303 Å². The lowest BCUT2D eigenvalue weighted by atomic mass is 10.0. The lowest BCUT2D eigenvalue weighted by Gasteiger charge is -2.27. The van der Waals surface area contributed by atoms with Gasteiger partial charge in [0.2, 0.25) is 5.91 Å². The van der Waals surface area contributed by atoms with Crippen molar-refractivity contribution in [1.82, 2.24) is 5.32 Å². The van der Waals surface area contributed by atoms with E-state index in [2.05, 4.69) is 50.4 Å². The van der Waals surface area contributed by atoms with E-state index in [1.165, 1.54) is 205 Å². The Bertz CT molecular complexity index is 1350. The van der Waals surface area contributed by atoms with Gasteiger partial charge in [0.1, 0.15) is 19.3 Å². The number of carbonyl (C=O) groups excluding carboxylic acids is 2. The Morgan fingerprint density at radius 2 is 0.836 bits per heavy atom. The maximum absolute atomic E-state index is 13.5. The number of phosphoric acid groups is 1. The number of phosphoric ester groups is 1. The third-order valence-corrected chi connectivity index (χ3v) is 15.1. The van der Waals surface area contributed by atoms with E-state index in [0.717, 1.165) is 64.2 Å². The molecule has 0 rings (SSSR count). The van der Waals surface area contributed by atoms with E-state index in [1.807, 2.05) is 33.3 Å². The first kappa shape index (κ1) is 71.2. The quantitative estimate of drug-likeness (QED) is 0.0205. The van der Waals surface area contributed by atoms with Gasteiger partial charge in [-0.25, -0.2) is 4.57 Å². The second-order valence-corrected chi connectivity index (χ2v) is 24.0. The first-order valence-electron chi connectivity index (χ1n) is 31.3. The summed E-state index contributed by atoms with van der Waals surface area (Å²) in [6.45, 7) is 7.02.